The highest BCUT2D eigenvalue weighted by Crippen LogP contribution is 2.45. The molecule has 3 saturated heterocycles. The van der Waals surface area contributed by atoms with E-state index < -0.39 is 130 Å². The Balaban J connectivity index is 1.44. The first-order valence-electron chi connectivity index (χ1n) is 25.1. The van der Waals surface area contributed by atoms with Crippen molar-refractivity contribution in [3.05, 3.63) is 29.7 Å². The van der Waals surface area contributed by atoms with Crippen LogP contribution in [0.25, 0.3) is 0 Å². The minimum atomic E-state index is -3.55. The van der Waals surface area contributed by atoms with Crippen molar-refractivity contribution in [3.63, 3.8) is 0 Å². The number of esters is 1. The lowest BCUT2D eigenvalue weighted by Crippen LogP contribution is -2.62. The zero-order chi connectivity index (χ0) is 53.1. The number of aliphatic hydroxyl groups excluding tert-OH is 3. The monoisotopic (exact) mass is 1030 g/mol. The van der Waals surface area contributed by atoms with Gasteiger partial charge in [0.05, 0.1) is 59.0 Å². The predicted molar refractivity (Wildman–Crippen MR) is 259 cm³/mol. The maximum absolute atomic E-state index is 14.6. The van der Waals surface area contributed by atoms with Gasteiger partial charge in [0, 0.05) is 69.9 Å². The third-order valence-electron chi connectivity index (χ3n) is 15.8. The molecule has 0 saturated carbocycles. The number of hydrogen-bond acceptors (Lipinski definition) is 19. The van der Waals surface area contributed by atoms with Gasteiger partial charge in [-0.1, -0.05) is 32.9 Å². The van der Waals surface area contributed by atoms with Crippen molar-refractivity contribution in [1.29, 1.82) is 0 Å². The summed E-state index contributed by atoms with van der Waals surface area (Å²) in [6.07, 6.45) is -4.74. The second-order valence-corrected chi connectivity index (χ2v) is 23.8. The molecule has 19 atom stereocenters. The molecule has 0 bridgehead atoms. The molecule has 2 aromatic heterocycles. The summed E-state index contributed by atoms with van der Waals surface area (Å²) in [7, 11) is 1.66. The molecule has 3 aliphatic rings. The molecule has 3 aliphatic heterocycles. The number of rotatable bonds is 14. The van der Waals surface area contributed by atoms with E-state index >= 15 is 0 Å². The molecule has 20 nitrogen and oxygen atoms in total. The van der Waals surface area contributed by atoms with Crippen LogP contribution in [0.1, 0.15) is 112 Å². The number of carbonyl (C=O) groups is 1. The summed E-state index contributed by atoms with van der Waals surface area (Å²) >= 11 is 0. The number of alkyl halides is 1. The van der Waals surface area contributed by atoms with Crippen LogP contribution in [0.4, 0.5) is 4.39 Å². The Labute approximate surface area is 419 Å². The van der Waals surface area contributed by atoms with Crippen molar-refractivity contribution >= 4 is 15.8 Å². The topological polar surface area (TPSA) is 261 Å². The van der Waals surface area contributed by atoms with E-state index in [1.165, 1.54) is 30.8 Å². The smallest absolute Gasteiger partial charge is 0.309 e. The molecule has 22 heteroatoms. The van der Waals surface area contributed by atoms with Crippen molar-refractivity contribution < 1.29 is 66.8 Å². The molecule has 0 aromatic carbocycles. The summed E-state index contributed by atoms with van der Waals surface area (Å²) in [5.41, 5.74) is -3.59. The van der Waals surface area contributed by atoms with Crippen molar-refractivity contribution in [1.82, 2.24) is 35.0 Å². The van der Waals surface area contributed by atoms with Crippen LogP contribution in [-0.4, -0.2) is 206 Å². The molecule has 5 heterocycles. The number of methoxy groups -OCH3 is 1. The fourth-order valence-corrected chi connectivity index (χ4v) is 11.9. The van der Waals surface area contributed by atoms with E-state index in [9.17, 15) is 43.1 Å². The lowest BCUT2D eigenvalue weighted by molar-refractivity contribution is -0.302. The zero-order valence-electron chi connectivity index (χ0n) is 44.3. The van der Waals surface area contributed by atoms with Crippen LogP contribution in [0.5, 0.6) is 0 Å². The van der Waals surface area contributed by atoms with Gasteiger partial charge in [0.25, 0.3) is 0 Å². The first-order chi connectivity index (χ1) is 33.0. The Morgan fingerprint density at radius 1 is 0.986 bits per heavy atom. The SMILES string of the molecule is CC[C@H]1OC(=O)[C@H](C)[C@@H](C2C[C@@](C)(OC)[C@@H](O)[C@H](C)O2)[C@H](C)[C@@H](O[C@@H]2O[C@H](C)C[C@H](N(C)CCc3cn([C@H](CF)Cc4ccc(S(C)(=O)=O)nn4)nn3)[C@H]2O)[C@](C)(O)C[C@@H](C)CN(C)[C@H](C)[C@@H](O)[C@]1(C)O. The number of hydrogen-bond donors (Lipinski definition) is 5. The molecular formula is C49H84FN7O13S. The first kappa shape index (κ1) is 59.0. The number of aliphatic hydroxyl groups is 5. The van der Waals surface area contributed by atoms with Crippen molar-refractivity contribution in [2.75, 3.05) is 47.2 Å². The van der Waals surface area contributed by atoms with Crippen LogP contribution in [0.15, 0.2) is 23.4 Å². The predicted octanol–water partition coefficient (Wildman–Crippen LogP) is 2.33. The van der Waals surface area contributed by atoms with E-state index in [1.807, 2.05) is 44.7 Å². The first-order valence-corrected chi connectivity index (χ1v) is 27.0. The summed E-state index contributed by atoms with van der Waals surface area (Å²) in [6.45, 7) is 17.7. The number of nitrogens with zero attached hydrogens (tertiary/aromatic N) is 7. The quantitative estimate of drug-likeness (QED) is 0.170. The molecule has 0 aliphatic carbocycles. The number of halogens is 1. The molecule has 3 fully saturated rings. The van der Waals surface area contributed by atoms with Crippen LogP contribution in [-0.2, 0) is 51.2 Å². The largest absolute Gasteiger partial charge is 0.459 e. The average Bonchev–Trinajstić information content (AvgIpc) is 3.78. The van der Waals surface area contributed by atoms with Gasteiger partial charge >= 0.3 is 5.97 Å². The number of sulfone groups is 1. The maximum atomic E-state index is 14.6. The summed E-state index contributed by atoms with van der Waals surface area (Å²) < 4.78 is 71.5. The average molecular weight is 1030 g/mol. The van der Waals surface area contributed by atoms with Gasteiger partial charge in [-0.15, -0.1) is 10.2 Å². The standard InChI is InChI=1S/C49H84FN7O13S/c1-15-38-49(10,63)42(59)31(6)56(12)25-27(2)22-47(8,62)44(29(4)40(30(5)45(61)69-38)37-23-48(9,66-13)43(60)32(7)68-37)70-46-41(58)36(20-28(3)67-46)55(11)19-18-34-26-57(54-52-34)35(24-50)21-33-16-17-39(53-51-33)71(14,64)65/h16-17,26-32,35-38,40-44,46,58-60,62-63H,15,18-25H2,1-14H3/t27-,28-,29+,30-,31-,32+,35+,36+,37?,38-,40+,41-,42-,43+,44-,46+,47-,48-,49-/m1/s1. The molecule has 0 spiro atoms. The molecule has 5 rings (SSSR count). The van der Waals surface area contributed by atoms with E-state index in [0.29, 0.717) is 37.3 Å². The molecule has 2 aromatic rings. The highest BCUT2D eigenvalue weighted by Gasteiger charge is 2.55. The molecule has 1 unspecified atom stereocenters. The number of aromatic nitrogens is 5. The maximum Gasteiger partial charge on any atom is 0.309 e. The lowest BCUT2D eigenvalue weighted by atomic mass is 9.68. The molecule has 0 radical (unpaired) electrons. The molecule has 5 N–H and O–H groups in total. The Morgan fingerprint density at radius 3 is 2.25 bits per heavy atom. The van der Waals surface area contributed by atoms with E-state index in [-0.39, 0.29) is 36.6 Å². The minimum absolute atomic E-state index is 0.102. The number of cyclic esters (lactones) is 1. The molecular weight excluding hydrogens is 946 g/mol. The van der Waals surface area contributed by atoms with Gasteiger partial charge in [0.15, 0.2) is 21.2 Å². The van der Waals surface area contributed by atoms with E-state index in [1.54, 1.807) is 47.7 Å². The van der Waals surface area contributed by atoms with Crippen molar-refractivity contribution in [2.24, 2.45) is 23.7 Å². The van der Waals surface area contributed by atoms with E-state index in [0.717, 1.165) is 6.26 Å². The Hall–Kier alpha value is -2.87. The third-order valence-corrected chi connectivity index (χ3v) is 16.8. The van der Waals surface area contributed by atoms with Crippen molar-refractivity contribution in [2.45, 2.75) is 203 Å². The van der Waals surface area contributed by atoms with Crippen LogP contribution in [0.2, 0.25) is 0 Å². The van der Waals surface area contributed by atoms with E-state index in [4.69, 9.17) is 23.7 Å². The molecule has 0 amide bonds. The van der Waals surface area contributed by atoms with Crippen LogP contribution in [0.3, 0.4) is 0 Å². The van der Waals surface area contributed by atoms with Gasteiger partial charge in [0.1, 0.15) is 36.7 Å². The van der Waals surface area contributed by atoms with Gasteiger partial charge < -0.3 is 59.0 Å². The van der Waals surface area contributed by atoms with Crippen LogP contribution < -0.4 is 0 Å². The Bertz CT molecular complexity index is 2140. The number of carbonyl (C=O) groups excluding carboxylic acids is 1. The highest BCUT2D eigenvalue weighted by molar-refractivity contribution is 7.90. The second kappa shape index (κ2) is 23.8. The molecule has 406 valence electrons. The van der Waals surface area contributed by atoms with Gasteiger partial charge in [0.2, 0.25) is 0 Å². The normalized spacial score (nSPS) is 40.2. The van der Waals surface area contributed by atoms with Gasteiger partial charge in [-0.05, 0) is 98.9 Å². The van der Waals surface area contributed by atoms with Gasteiger partial charge in [-0.2, -0.15) is 5.10 Å². The summed E-state index contributed by atoms with van der Waals surface area (Å²) in [5.74, 6) is -3.32. The second-order valence-electron chi connectivity index (χ2n) is 21.9. The summed E-state index contributed by atoms with van der Waals surface area (Å²) in [4.78, 5) is 18.5. The zero-order valence-corrected chi connectivity index (χ0v) is 45.1. The number of ether oxygens (including phenoxy) is 5. The molecule has 71 heavy (non-hydrogen) atoms. The highest BCUT2D eigenvalue weighted by atomic mass is 32.2. The lowest BCUT2D eigenvalue weighted by Gasteiger charge is -2.51. The Kier molecular flexibility index (Phi) is 19.8. The van der Waals surface area contributed by atoms with Crippen molar-refractivity contribution in [3.8, 4) is 0 Å². The van der Waals surface area contributed by atoms with Gasteiger partial charge in [-0.25, -0.2) is 17.5 Å². The fourth-order valence-electron chi connectivity index (χ4n) is 11.4. The van der Waals surface area contributed by atoms with E-state index in [2.05, 4.69) is 20.5 Å². The van der Waals surface area contributed by atoms with Gasteiger partial charge in [-0.3, -0.25) is 4.79 Å². The summed E-state index contributed by atoms with van der Waals surface area (Å²) in [5, 5.41) is 76.0. The summed E-state index contributed by atoms with van der Waals surface area (Å²) in [6, 6.07) is 0.979. The third kappa shape index (κ3) is 13.7. The van der Waals surface area contributed by atoms with Crippen LogP contribution in [0, 0.1) is 23.7 Å². The number of likely N-dealkylation sites (N-methyl/N-ethyl adjacent to an activating group) is 2. The minimum Gasteiger partial charge on any atom is -0.459 e. The Morgan fingerprint density at radius 2 is 1.66 bits per heavy atom. The fraction of sp³-hybridized carbons (Fsp3) is 0.857. The van der Waals surface area contributed by atoms with Crippen LogP contribution >= 0.6 is 0 Å².